The molecule has 1 aliphatic heterocycles. The van der Waals surface area contributed by atoms with Crippen molar-refractivity contribution in [2.75, 3.05) is 59.9 Å². The van der Waals surface area contributed by atoms with Crippen LogP contribution in [0.15, 0.2) is 0 Å². The van der Waals surface area contributed by atoms with Crippen molar-refractivity contribution in [1.82, 2.24) is 14.7 Å². The molecule has 17 heavy (non-hydrogen) atoms. The number of hydrogen-bond acceptors (Lipinski definition) is 4. The van der Waals surface area contributed by atoms with Crippen molar-refractivity contribution in [3.63, 3.8) is 0 Å². The summed E-state index contributed by atoms with van der Waals surface area (Å²) in [6.07, 6.45) is 2.58. The highest BCUT2D eigenvalue weighted by molar-refractivity contribution is 4.78. The van der Waals surface area contributed by atoms with Crippen LogP contribution >= 0.6 is 0 Å². The minimum absolute atomic E-state index is 0.192. The Morgan fingerprint density at radius 1 is 1.24 bits per heavy atom. The zero-order valence-corrected chi connectivity index (χ0v) is 11.3. The molecule has 4 nitrogen and oxygen atoms in total. The predicted molar refractivity (Wildman–Crippen MR) is 70.2 cm³/mol. The van der Waals surface area contributed by atoms with Gasteiger partial charge in [-0.3, -0.25) is 4.90 Å². The monoisotopic (exact) mass is 241 g/mol. The van der Waals surface area contributed by atoms with Gasteiger partial charge in [0.05, 0.1) is 6.10 Å². The largest absolute Gasteiger partial charge is 0.390 e. The van der Waals surface area contributed by atoms with Crippen LogP contribution in [-0.4, -0.2) is 85.8 Å². The molecule has 2 fully saturated rings. The molecule has 4 heteroatoms. The first-order valence-electron chi connectivity index (χ1n) is 6.91. The lowest BCUT2D eigenvalue weighted by atomic mass is 10.2. The molecule has 1 N–H and O–H groups in total. The summed E-state index contributed by atoms with van der Waals surface area (Å²) in [5.74, 6) is 0.913. The van der Waals surface area contributed by atoms with Crippen molar-refractivity contribution in [3.8, 4) is 0 Å². The lowest BCUT2D eigenvalue weighted by Crippen LogP contribution is -2.48. The van der Waals surface area contributed by atoms with Crippen molar-refractivity contribution >= 4 is 0 Å². The Labute approximate surface area is 105 Å². The lowest BCUT2D eigenvalue weighted by Gasteiger charge is -2.34. The molecule has 0 bridgehead atoms. The van der Waals surface area contributed by atoms with Gasteiger partial charge in [0.15, 0.2) is 0 Å². The highest BCUT2D eigenvalue weighted by Crippen LogP contribution is 2.29. The molecule has 2 aliphatic rings. The number of piperazine rings is 1. The zero-order chi connectivity index (χ0) is 12.3. The molecule has 0 aromatic heterocycles. The molecule has 0 aromatic rings. The van der Waals surface area contributed by atoms with E-state index in [0.29, 0.717) is 0 Å². The third-order valence-electron chi connectivity index (χ3n) is 3.85. The van der Waals surface area contributed by atoms with E-state index in [4.69, 9.17) is 0 Å². The molecule has 1 aliphatic carbocycles. The molecule has 100 valence electrons. The highest BCUT2D eigenvalue weighted by Gasteiger charge is 2.24. The quantitative estimate of drug-likeness (QED) is 0.705. The SMILES string of the molecule is CN1CCN(CC(O)CN(C)CC2CC2)CC1. The van der Waals surface area contributed by atoms with Crippen LogP contribution in [0.2, 0.25) is 0 Å². The van der Waals surface area contributed by atoms with Crippen LogP contribution in [0.1, 0.15) is 12.8 Å². The van der Waals surface area contributed by atoms with Gasteiger partial charge in [-0.2, -0.15) is 0 Å². The molecule has 1 saturated heterocycles. The number of likely N-dealkylation sites (N-methyl/N-ethyl adjacent to an activating group) is 2. The Morgan fingerprint density at radius 3 is 2.47 bits per heavy atom. The van der Waals surface area contributed by atoms with Gasteiger partial charge in [-0.1, -0.05) is 0 Å². The van der Waals surface area contributed by atoms with E-state index in [1.165, 1.54) is 19.4 Å². The predicted octanol–water partition coefficient (Wildman–Crippen LogP) is -0.0635. The highest BCUT2D eigenvalue weighted by atomic mass is 16.3. The average molecular weight is 241 g/mol. The third kappa shape index (κ3) is 4.92. The number of hydrogen-bond donors (Lipinski definition) is 1. The van der Waals surface area contributed by atoms with Gasteiger partial charge in [0.25, 0.3) is 0 Å². The molecule has 0 amide bonds. The van der Waals surface area contributed by atoms with Crippen molar-refractivity contribution in [2.24, 2.45) is 5.92 Å². The van der Waals surface area contributed by atoms with Gasteiger partial charge in [-0.25, -0.2) is 0 Å². The van der Waals surface area contributed by atoms with Crippen LogP contribution in [0.3, 0.4) is 0 Å². The molecule has 1 unspecified atom stereocenters. The first-order chi connectivity index (χ1) is 8.13. The molecule has 1 heterocycles. The van der Waals surface area contributed by atoms with Crippen molar-refractivity contribution in [2.45, 2.75) is 18.9 Å². The summed E-state index contributed by atoms with van der Waals surface area (Å²) in [6.45, 7) is 7.28. The molecule has 1 atom stereocenters. The Morgan fingerprint density at radius 2 is 1.88 bits per heavy atom. The maximum atomic E-state index is 10.1. The normalized spacial score (nSPS) is 25.4. The average Bonchev–Trinajstić information content (AvgIpc) is 3.05. The van der Waals surface area contributed by atoms with Crippen molar-refractivity contribution in [3.05, 3.63) is 0 Å². The fourth-order valence-electron chi connectivity index (χ4n) is 2.56. The minimum atomic E-state index is -0.192. The summed E-state index contributed by atoms with van der Waals surface area (Å²) in [6, 6.07) is 0. The van der Waals surface area contributed by atoms with Crippen LogP contribution < -0.4 is 0 Å². The Hall–Kier alpha value is -0.160. The third-order valence-corrected chi connectivity index (χ3v) is 3.85. The molecule has 0 spiro atoms. The molecule has 2 rings (SSSR count). The zero-order valence-electron chi connectivity index (χ0n) is 11.3. The van der Waals surface area contributed by atoms with Gasteiger partial charge in [-0.15, -0.1) is 0 Å². The number of aliphatic hydroxyl groups is 1. The van der Waals surface area contributed by atoms with Gasteiger partial charge in [-0.05, 0) is 32.9 Å². The number of aliphatic hydroxyl groups excluding tert-OH is 1. The first kappa shape index (κ1) is 13.3. The summed E-state index contributed by atoms with van der Waals surface area (Å²) < 4.78 is 0. The summed E-state index contributed by atoms with van der Waals surface area (Å²) in [5.41, 5.74) is 0. The van der Waals surface area contributed by atoms with Gasteiger partial charge >= 0.3 is 0 Å². The lowest BCUT2D eigenvalue weighted by molar-refractivity contribution is 0.0599. The first-order valence-corrected chi connectivity index (χ1v) is 6.91. The van der Waals surface area contributed by atoms with E-state index in [9.17, 15) is 5.11 Å². The van der Waals surface area contributed by atoms with Gasteiger partial charge in [0.2, 0.25) is 0 Å². The summed E-state index contributed by atoms with van der Waals surface area (Å²) in [7, 11) is 4.29. The fourth-order valence-corrected chi connectivity index (χ4v) is 2.56. The van der Waals surface area contributed by atoms with E-state index >= 15 is 0 Å². The molecule has 0 radical (unpaired) electrons. The van der Waals surface area contributed by atoms with E-state index in [0.717, 1.165) is 45.2 Å². The van der Waals surface area contributed by atoms with Gasteiger partial charge < -0.3 is 14.9 Å². The minimum Gasteiger partial charge on any atom is -0.390 e. The molecule has 1 saturated carbocycles. The van der Waals surface area contributed by atoms with Crippen LogP contribution in [0.5, 0.6) is 0 Å². The van der Waals surface area contributed by atoms with E-state index in [1.54, 1.807) is 0 Å². The maximum absolute atomic E-state index is 10.1. The fraction of sp³-hybridized carbons (Fsp3) is 1.00. The molecular formula is C13H27N3O. The Balaban J connectivity index is 1.60. The summed E-state index contributed by atoms with van der Waals surface area (Å²) in [4.78, 5) is 7.02. The number of β-amino-alcohol motifs (C(OH)–C–C–N with tert-alkyl or cyclic N) is 1. The van der Waals surface area contributed by atoms with Crippen LogP contribution in [0.25, 0.3) is 0 Å². The Kier molecular flexibility index (Phi) is 4.79. The van der Waals surface area contributed by atoms with E-state index in [2.05, 4.69) is 28.8 Å². The molecule has 0 aromatic carbocycles. The standard InChI is InChI=1S/C13H27N3O/c1-14-5-7-16(8-6-14)11-13(17)10-15(2)9-12-3-4-12/h12-13,17H,3-11H2,1-2H3. The second kappa shape index (κ2) is 6.14. The van der Waals surface area contributed by atoms with E-state index in [-0.39, 0.29) is 6.10 Å². The smallest absolute Gasteiger partial charge is 0.0793 e. The summed E-state index contributed by atoms with van der Waals surface area (Å²) >= 11 is 0. The topological polar surface area (TPSA) is 30.0 Å². The van der Waals surface area contributed by atoms with E-state index in [1.807, 2.05) is 0 Å². The van der Waals surface area contributed by atoms with Crippen LogP contribution in [0, 0.1) is 5.92 Å². The van der Waals surface area contributed by atoms with E-state index < -0.39 is 0 Å². The van der Waals surface area contributed by atoms with Gasteiger partial charge in [0.1, 0.15) is 0 Å². The van der Waals surface area contributed by atoms with Crippen molar-refractivity contribution in [1.29, 1.82) is 0 Å². The van der Waals surface area contributed by atoms with Crippen molar-refractivity contribution < 1.29 is 5.11 Å². The second-order valence-electron chi connectivity index (χ2n) is 5.92. The maximum Gasteiger partial charge on any atom is 0.0793 e. The second-order valence-corrected chi connectivity index (χ2v) is 5.92. The Bertz CT molecular complexity index is 225. The van der Waals surface area contributed by atoms with Crippen LogP contribution in [0.4, 0.5) is 0 Å². The van der Waals surface area contributed by atoms with Gasteiger partial charge in [0, 0.05) is 45.8 Å². The summed E-state index contributed by atoms with van der Waals surface area (Å²) in [5, 5.41) is 10.1. The van der Waals surface area contributed by atoms with Crippen LogP contribution in [-0.2, 0) is 0 Å². The molecular weight excluding hydrogens is 214 g/mol. The number of nitrogens with zero attached hydrogens (tertiary/aromatic N) is 3. The number of rotatable bonds is 6.